The van der Waals surface area contributed by atoms with Gasteiger partial charge in [-0.3, -0.25) is 0 Å². The molecule has 30 heavy (non-hydrogen) atoms. The Morgan fingerprint density at radius 1 is 1.03 bits per heavy atom. The number of aromatic nitrogens is 2. The number of piperazine rings is 1. The molecule has 3 rings (SSSR count). The molecule has 164 valence electrons. The summed E-state index contributed by atoms with van der Waals surface area (Å²) >= 11 is 0. The van der Waals surface area contributed by atoms with E-state index in [1.807, 2.05) is 18.7 Å². The SMILES string of the molecule is Cc1nc(C)c(C(C)C)c(N2CCN(S(=O)(=O)c3cccc(C(F)(F)F)c3)CC2)n1. The topological polar surface area (TPSA) is 66.4 Å². The molecule has 0 aliphatic carbocycles. The first-order valence-electron chi connectivity index (χ1n) is 9.68. The Kier molecular flexibility index (Phi) is 6.10. The van der Waals surface area contributed by atoms with Crippen LogP contribution in [0.3, 0.4) is 0 Å². The van der Waals surface area contributed by atoms with E-state index in [1.165, 1.54) is 10.4 Å². The van der Waals surface area contributed by atoms with Gasteiger partial charge in [-0.1, -0.05) is 19.9 Å². The third kappa shape index (κ3) is 4.44. The van der Waals surface area contributed by atoms with Crippen molar-refractivity contribution in [3.05, 3.63) is 46.9 Å². The summed E-state index contributed by atoms with van der Waals surface area (Å²) in [6.07, 6.45) is -4.60. The van der Waals surface area contributed by atoms with Crippen LogP contribution < -0.4 is 4.90 Å². The number of alkyl halides is 3. The van der Waals surface area contributed by atoms with Crippen molar-refractivity contribution in [1.82, 2.24) is 14.3 Å². The second-order valence-corrected chi connectivity index (χ2v) is 9.60. The number of hydrogen-bond acceptors (Lipinski definition) is 5. The van der Waals surface area contributed by atoms with Gasteiger partial charge in [-0.15, -0.1) is 0 Å². The van der Waals surface area contributed by atoms with Crippen LogP contribution in [0.5, 0.6) is 0 Å². The Morgan fingerprint density at radius 2 is 1.67 bits per heavy atom. The lowest BCUT2D eigenvalue weighted by molar-refractivity contribution is -0.137. The molecule has 1 aromatic heterocycles. The number of rotatable bonds is 4. The van der Waals surface area contributed by atoms with Crippen molar-refractivity contribution in [3.8, 4) is 0 Å². The van der Waals surface area contributed by atoms with Crippen LogP contribution >= 0.6 is 0 Å². The number of sulfonamides is 1. The van der Waals surface area contributed by atoms with Crippen molar-refractivity contribution in [3.63, 3.8) is 0 Å². The van der Waals surface area contributed by atoms with Gasteiger partial charge in [0.05, 0.1) is 10.5 Å². The molecule has 1 saturated heterocycles. The molecule has 10 heteroatoms. The van der Waals surface area contributed by atoms with Crippen molar-refractivity contribution in [1.29, 1.82) is 0 Å². The maximum Gasteiger partial charge on any atom is 0.416 e. The van der Waals surface area contributed by atoms with Crippen LogP contribution in [0.4, 0.5) is 19.0 Å². The highest BCUT2D eigenvalue weighted by Crippen LogP contribution is 2.32. The zero-order chi connectivity index (χ0) is 22.3. The van der Waals surface area contributed by atoms with Gasteiger partial charge in [-0.05, 0) is 38.0 Å². The molecule has 0 atom stereocenters. The highest BCUT2D eigenvalue weighted by Gasteiger charge is 2.34. The first-order valence-corrected chi connectivity index (χ1v) is 11.1. The molecule has 0 radical (unpaired) electrons. The molecule has 6 nitrogen and oxygen atoms in total. The van der Waals surface area contributed by atoms with Crippen LogP contribution in [0.2, 0.25) is 0 Å². The van der Waals surface area contributed by atoms with Gasteiger partial charge in [0.1, 0.15) is 11.6 Å². The van der Waals surface area contributed by atoms with Crippen LogP contribution in [0.15, 0.2) is 29.2 Å². The zero-order valence-electron chi connectivity index (χ0n) is 17.4. The fraction of sp³-hybridized carbons (Fsp3) is 0.500. The molecular weight excluding hydrogens is 417 g/mol. The fourth-order valence-corrected chi connectivity index (χ4v) is 5.21. The molecule has 0 N–H and O–H groups in total. The number of halogens is 3. The molecule has 2 heterocycles. The Morgan fingerprint density at radius 3 is 2.23 bits per heavy atom. The summed E-state index contributed by atoms with van der Waals surface area (Å²) in [4.78, 5) is 10.7. The van der Waals surface area contributed by atoms with Gasteiger partial charge in [-0.2, -0.15) is 17.5 Å². The minimum absolute atomic E-state index is 0.165. The summed E-state index contributed by atoms with van der Waals surface area (Å²) in [6.45, 7) is 8.98. The average Bonchev–Trinajstić information content (AvgIpc) is 2.66. The molecule has 0 spiro atoms. The van der Waals surface area contributed by atoms with E-state index in [9.17, 15) is 21.6 Å². The lowest BCUT2D eigenvalue weighted by atomic mass is 10.0. The Hall–Kier alpha value is -2.20. The Labute approximate surface area is 174 Å². The van der Waals surface area contributed by atoms with Crippen LogP contribution in [0.25, 0.3) is 0 Å². The number of hydrogen-bond donors (Lipinski definition) is 0. The maximum atomic E-state index is 13.0. The van der Waals surface area contributed by atoms with Gasteiger partial charge < -0.3 is 4.90 Å². The highest BCUT2D eigenvalue weighted by molar-refractivity contribution is 7.89. The van der Waals surface area contributed by atoms with Crippen molar-refractivity contribution >= 4 is 15.8 Å². The number of nitrogens with zero attached hydrogens (tertiary/aromatic N) is 4. The minimum atomic E-state index is -4.60. The highest BCUT2D eigenvalue weighted by atomic mass is 32.2. The molecule has 0 unspecified atom stereocenters. The largest absolute Gasteiger partial charge is 0.416 e. The predicted molar refractivity (Wildman–Crippen MR) is 108 cm³/mol. The smallest absolute Gasteiger partial charge is 0.354 e. The van der Waals surface area contributed by atoms with Gasteiger partial charge in [0, 0.05) is 37.4 Å². The predicted octanol–water partition coefficient (Wildman–Crippen LogP) is 3.75. The van der Waals surface area contributed by atoms with Gasteiger partial charge in [0.2, 0.25) is 10.0 Å². The number of benzene rings is 1. The van der Waals surface area contributed by atoms with E-state index in [0.717, 1.165) is 29.2 Å². The van der Waals surface area contributed by atoms with Crippen molar-refractivity contribution in [2.45, 2.75) is 44.7 Å². The van der Waals surface area contributed by atoms with Crippen molar-refractivity contribution in [2.24, 2.45) is 0 Å². The normalized spacial score (nSPS) is 16.3. The molecular formula is C20H25F3N4O2S. The molecule has 0 saturated carbocycles. The second-order valence-electron chi connectivity index (χ2n) is 7.66. The Bertz CT molecular complexity index is 1030. The first-order chi connectivity index (χ1) is 13.9. The maximum absolute atomic E-state index is 13.0. The van der Waals surface area contributed by atoms with Crippen molar-refractivity contribution in [2.75, 3.05) is 31.1 Å². The second kappa shape index (κ2) is 8.14. The third-order valence-electron chi connectivity index (χ3n) is 5.14. The van der Waals surface area contributed by atoms with Crippen LogP contribution in [0, 0.1) is 13.8 Å². The first kappa shape index (κ1) is 22.5. The summed E-state index contributed by atoms with van der Waals surface area (Å²) in [5.74, 6) is 1.64. The van der Waals surface area contributed by atoms with E-state index in [-0.39, 0.29) is 23.9 Å². The third-order valence-corrected chi connectivity index (χ3v) is 7.04. The van der Waals surface area contributed by atoms with Crippen LogP contribution in [0.1, 0.15) is 42.4 Å². The minimum Gasteiger partial charge on any atom is -0.354 e. The fourth-order valence-electron chi connectivity index (χ4n) is 3.74. The molecule has 2 aromatic rings. The van der Waals surface area contributed by atoms with Gasteiger partial charge in [0.15, 0.2) is 0 Å². The van der Waals surface area contributed by atoms with E-state index in [4.69, 9.17) is 0 Å². The lowest BCUT2D eigenvalue weighted by Gasteiger charge is -2.36. The van der Waals surface area contributed by atoms with E-state index < -0.39 is 21.8 Å². The van der Waals surface area contributed by atoms with Gasteiger partial charge in [-0.25, -0.2) is 18.4 Å². The van der Waals surface area contributed by atoms with Gasteiger partial charge in [0.25, 0.3) is 0 Å². The quantitative estimate of drug-likeness (QED) is 0.722. The summed E-state index contributed by atoms with van der Waals surface area (Å²) in [5, 5.41) is 0. The molecule has 1 aliphatic heterocycles. The standard InChI is InChI=1S/C20H25F3N4O2S/c1-13(2)18-14(3)24-15(4)25-19(18)26-8-10-27(11-9-26)30(28,29)17-7-5-6-16(12-17)20(21,22)23/h5-7,12-13H,8-11H2,1-4H3. The Balaban J connectivity index is 1.83. The van der Waals surface area contributed by atoms with Gasteiger partial charge >= 0.3 is 6.18 Å². The van der Waals surface area contributed by atoms with Crippen molar-refractivity contribution < 1.29 is 21.6 Å². The van der Waals surface area contributed by atoms with Crippen LogP contribution in [-0.4, -0.2) is 48.9 Å². The molecule has 0 bridgehead atoms. The molecule has 0 amide bonds. The molecule has 1 fully saturated rings. The number of anilines is 1. The average molecular weight is 443 g/mol. The monoisotopic (exact) mass is 442 g/mol. The summed E-state index contributed by atoms with van der Waals surface area (Å²) in [7, 11) is -4.02. The number of aryl methyl sites for hydroxylation is 2. The van der Waals surface area contributed by atoms with Crippen LogP contribution in [-0.2, 0) is 16.2 Å². The summed E-state index contributed by atoms with van der Waals surface area (Å²) in [6, 6.07) is 3.87. The zero-order valence-corrected chi connectivity index (χ0v) is 18.2. The molecule has 1 aromatic carbocycles. The van der Waals surface area contributed by atoms with E-state index >= 15 is 0 Å². The lowest BCUT2D eigenvalue weighted by Crippen LogP contribution is -2.49. The summed E-state index contributed by atoms with van der Waals surface area (Å²) in [5.41, 5.74) is 0.942. The van der Waals surface area contributed by atoms with E-state index in [1.54, 1.807) is 0 Å². The summed E-state index contributed by atoms with van der Waals surface area (Å²) < 4.78 is 66.0. The van der Waals surface area contributed by atoms with E-state index in [0.29, 0.717) is 25.0 Å². The molecule has 1 aliphatic rings. The van der Waals surface area contributed by atoms with E-state index in [2.05, 4.69) is 23.8 Å².